The summed E-state index contributed by atoms with van der Waals surface area (Å²) in [6.45, 7) is 0. The zero-order valence-corrected chi connectivity index (χ0v) is 13.7. The third-order valence-electron chi connectivity index (χ3n) is 4.32. The van der Waals surface area contributed by atoms with E-state index in [0.29, 0.717) is 5.75 Å². The van der Waals surface area contributed by atoms with Crippen molar-refractivity contribution in [1.29, 1.82) is 0 Å². The van der Waals surface area contributed by atoms with Gasteiger partial charge in [-0.25, -0.2) is 0 Å². The molecule has 1 aliphatic rings. The summed E-state index contributed by atoms with van der Waals surface area (Å²) in [5.41, 5.74) is 3.31. The second-order valence-electron chi connectivity index (χ2n) is 5.70. The van der Waals surface area contributed by atoms with Gasteiger partial charge >= 0.3 is 0 Å². The summed E-state index contributed by atoms with van der Waals surface area (Å²) in [5.74, 6) is 0.274. The molecular weight excluding hydrogens is 308 g/mol. The number of phenols is 3. The van der Waals surface area contributed by atoms with E-state index in [-0.39, 0.29) is 23.0 Å². The smallest absolute Gasteiger partial charge is 0.200 e. The first-order valence-corrected chi connectivity index (χ1v) is 7.76. The molecule has 0 heterocycles. The summed E-state index contributed by atoms with van der Waals surface area (Å²) in [6, 6.07) is 6.81. The van der Waals surface area contributed by atoms with Crippen molar-refractivity contribution in [3.63, 3.8) is 0 Å². The van der Waals surface area contributed by atoms with E-state index in [9.17, 15) is 15.3 Å². The molecule has 0 atom stereocenters. The molecule has 1 aliphatic carbocycles. The van der Waals surface area contributed by atoms with Crippen molar-refractivity contribution in [2.24, 2.45) is 0 Å². The molecule has 2 aromatic carbocycles. The predicted molar refractivity (Wildman–Crippen MR) is 91.0 cm³/mol. The highest BCUT2D eigenvalue weighted by Crippen LogP contribution is 2.43. The SMILES string of the molecule is COc1cc(C2=CCCCc3c2ccc(OC)c3O)cc(O)c1O. The fourth-order valence-electron chi connectivity index (χ4n) is 3.10. The van der Waals surface area contributed by atoms with Crippen molar-refractivity contribution >= 4 is 5.57 Å². The lowest BCUT2D eigenvalue weighted by Crippen LogP contribution is -1.97. The first kappa shape index (κ1) is 16.1. The van der Waals surface area contributed by atoms with Gasteiger partial charge in [0.25, 0.3) is 0 Å². The molecule has 2 aromatic rings. The zero-order valence-electron chi connectivity index (χ0n) is 13.7. The highest BCUT2D eigenvalue weighted by Gasteiger charge is 2.21. The number of allylic oxidation sites excluding steroid dienone is 1. The lowest BCUT2D eigenvalue weighted by atomic mass is 9.92. The van der Waals surface area contributed by atoms with Crippen molar-refractivity contribution in [2.75, 3.05) is 14.2 Å². The van der Waals surface area contributed by atoms with Crippen LogP contribution in [0.15, 0.2) is 30.3 Å². The van der Waals surface area contributed by atoms with E-state index < -0.39 is 0 Å². The maximum atomic E-state index is 10.5. The number of phenolic OH excluding ortho intramolecular Hbond substituents is 3. The summed E-state index contributed by atoms with van der Waals surface area (Å²) < 4.78 is 10.3. The first-order chi connectivity index (χ1) is 11.6. The largest absolute Gasteiger partial charge is 0.504 e. The molecule has 3 N–H and O–H groups in total. The molecule has 0 aromatic heterocycles. The van der Waals surface area contributed by atoms with Crippen LogP contribution in [0.25, 0.3) is 5.57 Å². The number of fused-ring (bicyclic) bond motifs is 1. The van der Waals surface area contributed by atoms with Gasteiger partial charge in [0.05, 0.1) is 14.2 Å². The van der Waals surface area contributed by atoms with Gasteiger partial charge in [0.15, 0.2) is 23.0 Å². The Balaban J connectivity index is 2.19. The van der Waals surface area contributed by atoms with Crippen LogP contribution < -0.4 is 9.47 Å². The summed E-state index contributed by atoms with van der Waals surface area (Å²) in [6.07, 6.45) is 4.55. The van der Waals surface area contributed by atoms with Crippen molar-refractivity contribution in [2.45, 2.75) is 19.3 Å². The van der Waals surface area contributed by atoms with E-state index in [1.54, 1.807) is 12.1 Å². The van der Waals surface area contributed by atoms with Gasteiger partial charge in [-0.1, -0.05) is 12.1 Å². The fourth-order valence-corrected chi connectivity index (χ4v) is 3.10. The first-order valence-electron chi connectivity index (χ1n) is 7.76. The van der Waals surface area contributed by atoms with E-state index in [1.807, 2.05) is 6.07 Å². The molecule has 5 nitrogen and oxygen atoms in total. The van der Waals surface area contributed by atoms with Gasteiger partial charge in [0.1, 0.15) is 0 Å². The Hall–Kier alpha value is -2.82. The summed E-state index contributed by atoms with van der Waals surface area (Å²) in [5, 5.41) is 30.3. The maximum Gasteiger partial charge on any atom is 0.200 e. The summed E-state index contributed by atoms with van der Waals surface area (Å²) in [4.78, 5) is 0. The van der Waals surface area contributed by atoms with Crippen LogP contribution in [-0.2, 0) is 6.42 Å². The molecule has 0 amide bonds. The van der Waals surface area contributed by atoms with Crippen molar-refractivity contribution < 1.29 is 24.8 Å². The lowest BCUT2D eigenvalue weighted by molar-refractivity contribution is 0.351. The van der Waals surface area contributed by atoms with E-state index in [4.69, 9.17) is 9.47 Å². The number of hydrogen-bond acceptors (Lipinski definition) is 5. The van der Waals surface area contributed by atoms with Crippen LogP contribution in [0.2, 0.25) is 0 Å². The average Bonchev–Trinajstić information content (AvgIpc) is 2.80. The van der Waals surface area contributed by atoms with Crippen molar-refractivity contribution in [3.8, 4) is 28.7 Å². The number of hydrogen-bond donors (Lipinski definition) is 3. The van der Waals surface area contributed by atoms with Crippen LogP contribution in [0.4, 0.5) is 0 Å². The molecule has 5 heteroatoms. The van der Waals surface area contributed by atoms with Gasteiger partial charge in [0, 0.05) is 5.56 Å². The van der Waals surface area contributed by atoms with E-state index in [1.165, 1.54) is 20.3 Å². The number of ether oxygens (including phenoxy) is 2. The Kier molecular flexibility index (Phi) is 4.25. The van der Waals surface area contributed by atoms with Crippen LogP contribution in [0.1, 0.15) is 29.5 Å². The number of rotatable bonds is 3. The molecule has 0 saturated carbocycles. The minimum atomic E-state index is -0.284. The van der Waals surface area contributed by atoms with Crippen LogP contribution in [-0.4, -0.2) is 29.5 Å². The van der Waals surface area contributed by atoms with Gasteiger partial charge < -0.3 is 24.8 Å². The Labute approximate surface area is 140 Å². The third kappa shape index (κ3) is 2.62. The molecule has 0 saturated heterocycles. The lowest BCUT2D eigenvalue weighted by Gasteiger charge is -2.16. The normalized spacial score (nSPS) is 13.7. The average molecular weight is 328 g/mol. The van der Waals surface area contributed by atoms with Crippen molar-refractivity contribution in [1.82, 2.24) is 0 Å². The Morgan fingerprint density at radius 2 is 1.67 bits per heavy atom. The Morgan fingerprint density at radius 3 is 2.38 bits per heavy atom. The molecule has 0 fully saturated rings. The molecular formula is C19H20O5. The molecule has 0 radical (unpaired) electrons. The number of benzene rings is 2. The van der Waals surface area contributed by atoms with Gasteiger partial charge in [-0.3, -0.25) is 0 Å². The van der Waals surface area contributed by atoms with Gasteiger partial charge in [-0.15, -0.1) is 0 Å². The molecule has 0 unspecified atom stereocenters. The molecule has 0 bridgehead atoms. The van der Waals surface area contributed by atoms with E-state index in [2.05, 4.69) is 6.08 Å². The number of methoxy groups -OCH3 is 2. The highest BCUT2D eigenvalue weighted by atomic mass is 16.5. The summed E-state index contributed by atoms with van der Waals surface area (Å²) in [7, 11) is 2.96. The summed E-state index contributed by atoms with van der Waals surface area (Å²) >= 11 is 0. The van der Waals surface area contributed by atoms with Crippen LogP contribution >= 0.6 is 0 Å². The maximum absolute atomic E-state index is 10.5. The quantitative estimate of drug-likeness (QED) is 0.751. The Morgan fingerprint density at radius 1 is 0.917 bits per heavy atom. The molecule has 0 aliphatic heterocycles. The fraction of sp³-hybridized carbons (Fsp3) is 0.263. The molecule has 126 valence electrons. The zero-order chi connectivity index (χ0) is 17.3. The minimum absolute atomic E-state index is 0.151. The number of aromatic hydroxyl groups is 3. The Bertz CT molecular complexity index is 808. The standard InChI is InChI=1S/C19H20O5/c1-23-16-8-7-13-12(5-3-4-6-14(13)18(16)21)11-9-15(20)19(22)17(10-11)24-2/h5,7-10,20-22H,3-4,6H2,1-2H3. The molecule has 0 spiro atoms. The third-order valence-corrected chi connectivity index (χ3v) is 4.32. The monoisotopic (exact) mass is 328 g/mol. The highest BCUT2D eigenvalue weighted by molar-refractivity contribution is 5.85. The van der Waals surface area contributed by atoms with Crippen molar-refractivity contribution in [3.05, 3.63) is 47.0 Å². The molecule has 3 rings (SSSR count). The van der Waals surface area contributed by atoms with Gasteiger partial charge in [-0.05, 0) is 54.2 Å². The van der Waals surface area contributed by atoms with Gasteiger partial charge in [0.2, 0.25) is 5.75 Å². The molecule has 24 heavy (non-hydrogen) atoms. The van der Waals surface area contributed by atoms with E-state index >= 15 is 0 Å². The van der Waals surface area contributed by atoms with E-state index in [0.717, 1.165) is 41.5 Å². The topological polar surface area (TPSA) is 79.2 Å². The van der Waals surface area contributed by atoms with Crippen LogP contribution in [0.5, 0.6) is 28.7 Å². The van der Waals surface area contributed by atoms with Gasteiger partial charge in [-0.2, -0.15) is 0 Å². The second-order valence-corrected chi connectivity index (χ2v) is 5.70. The minimum Gasteiger partial charge on any atom is -0.504 e. The van der Waals surface area contributed by atoms with Crippen LogP contribution in [0.3, 0.4) is 0 Å². The predicted octanol–water partition coefficient (Wildman–Crippen LogP) is 3.59. The second kappa shape index (κ2) is 6.35. The van der Waals surface area contributed by atoms with Crippen LogP contribution in [0, 0.1) is 0 Å².